The molecule has 7 heteroatoms. The predicted octanol–water partition coefficient (Wildman–Crippen LogP) is 6.23. The number of hydrogen-bond donors (Lipinski definition) is 1. The maximum absolute atomic E-state index is 5.85. The lowest BCUT2D eigenvalue weighted by atomic mass is 9.92. The quantitative estimate of drug-likeness (QED) is 0.338. The highest BCUT2D eigenvalue weighted by molar-refractivity contribution is 7.80. The molecule has 4 aromatic rings. The second-order valence-electron chi connectivity index (χ2n) is 8.55. The lowest BCUT2D eigenvalue weighted by Crippen LogP contribution is -2.46. The first-order valence-electron chi connectivity index (χ1n) is 11.4. The van der Waals surface area contributed by atoms with Gasteiger partial charge in [0.05, 0.1) is 18.7 Å². The summed E-state index contributed by atoms with van der Waals surface area (Å²) in [6.07, 6.45) is 0. The third-order valence-corrected chi connectivity index (χ3v) is 6.67. The Morgan fingerprint density at radius 1 is 0.943 bits per heavy atom. The molecule has 2 heterocycles. The number of anilines is 1. The molecule has 0 amide bonds. The number of nitrogens with zero attached hydrogens (tertiary/aromatic N) is 3. The standard InChI is InChI=1S/C28H26N4O2S/c1-17-10-11-21(16-18(17)2)25-24(19(3)32(28(35)29-25)22-8-6-5-7-9-22)27-30-26(31-34-27)20-12-14-23(33-4)15-13-20/h5-16,25H,1-4H3,(H,29,35). The summed E-state index contributed by atoms with van der Waals surface area (Å²) < 4.78 is 11.1. The number of para-hydroxylation sites is 1. The highest BCUT2D eigenvalue weighted by Gasteiger charge is 2.34. The van der Waals surface area contributed by atoms with Crippen LogP contribution >= 0.6 is 12.2 Å². The molecule has 0 bridgehead atoms. The number of allylic oxidation sites excluding steroid dienone is 1. The maximum atomic E-state index is 5.85. The molecule has 3 aromatic carbocycles. The van der Waals surface area contributed by atoms with Gasteiger partial charge in [-0.25, -0.2) is 0 Å². The van der Waals surface area contributed by atoms with Gasteiger partial charge < -0.3 is 14.6 Å². The van der Waals surface area contributed by atoms with Crippen molar-refractivity contribution in [3.8, 4) is 17.1 Å². The van der Waals surface area contributed by atoms with Gasteiger partial charge in [-0.2, -0.15) is 4.98 Å². The van der Waals surface area contributed by atoms with Gasteiger partial charge in [-0.3, -0.25) is 4.90 Å². The van der Waals surface area contributed by atoms with Gasteiger partial charge in [0.15, 0.2) is 5.11 Å². The fraction of sp³-hybridized carbons (Fsp3) is 0.179. The third kappa shape index (κ3) is 4.31. The van der Waals surface area contributed by atoms with E-state index in [1.807, 2.05) is 66.4 Å². The Labute approximate surface area is 210 Å². The molecule has 5 rings (SSSR count). The molecule has 0 aliphatic carbocycles. The molecule has 1 aliphatic heterocycles. The lowest BCUT2D eigenvalue weighted by molar-refractivity contribution is 0.404. The molecular weight excluding hydrogens is 456 g/mol. The van der Waals surface area contributed by atoms with Crippen molar-refractivity contribution in [2.75, 3.05) is 12.0 Å². The molecule has 1 N–H and O–H groups in total. The average Bonchev–Trinajstić information content (AvgIpc) is 3.36. The van der Waals surface area contributed by atoms with Crippen molar-refractivity contribution in [2.24, 2.45) is 0 Å². The molecule has 0 radical (unpaired) electrons. The minimum Gasteiger partial charge on any atom is -0.497 e. The Hall–Kier alpha value is -3.97. The van der Waals surface area contributed by atoms with Crippen molar-refractivity contribution in [3.05, 3.63) is 101 Å². The van der Waals surface area contributed by atoms with E-state index in [1.165, 1.54) is 11.1 Å². The van der Waals surface area contributed by atoms with Crippen LogP contribution in [0.1, 0.15) is 35.5 Å². The number of benzene rings is 3. The Kier molecular flexibility index (Phi) is 6.09. The van der Waals surface area contributed by atoms with Crippen LogP contribution in [0.3, 0.4) is 0 Å². The second kappa shape index (κ2) is 9.35. The van der Waals surface area contributed by atoms with E-state index in [0.29, 0.717) is 16.8 Å². The van der Waals surface area contributed by atoms with Crippen LogP contribution in [0, 0.1) is 13.8 Å². The molecule has 0 spiro atoms. The zero-order valence-corrected chi connectivity index (χ0v) is 20.9. The summed E-state index contributed by atoms with van der Waals surface area (Å²) >= 11 is 5.83. The molecule has 35 heavy (non-hydrogen) atoms. The highest BCUT2D eigenvalue weighted by atomic mass is 32.1. The molecule has 176 valence electrons. The van der Waals surface area contributed by atoms with Crippen LogP contribution in [0.4, 0.5) is 5.69 Å². The number of nitrogens with one attached hydrogen (secondary N) is 1. The SMILES string of the molecule is COc1ccc(-c2noc(C3=C(C)N(c4ccccc4)C(=S)NC3c3ccc(C)c(C)c3)n2)cc1. The predicted molar refractivity (Wildman–Crippen MR) is 142 cm³/mol. The van der Waals surface area contributed by atoms with Gasteiger partial charge in [0.1, 0.15) is 5.75 Å². The topological polar surface area (TPSA) is 63.4 Å². The van der Waals surface area contributed by atoms with Gasteiger partial charge >= 0.3 is 0 Å². The third-order valence-electron chi connectivity index (χ3n) is 6.37. The Balaban J connectivity index is 1.64. The van der Waals surface area contributed by atoms with Crippen molar-refractivity contribution in [2.45, 2.75) is 26.8 Å². The first-order valence-corrected chi connectivity index (χ1v) is 11.8. The molecule has 0 saturated heterocycles. The molecule has 1 unspecified atom stereocenters. The van der Waals surface area contributed by atoms with E-state index in [0.717, 1.165) is 33.8 Å². The summed E-state index contributed by atoms with van der Waals surface area (Å²) in [5.74, 6) is 1.74. The fourth-order valence-corrected chi connectivity index (χ4v) is 4.65. The van der Waals surface area contributed by atoms with E-state index in [4.69, 9.17) is 26.5 Å². The van der Waals surface area contributed by atoms with Crippen molar-refractivity contribution in [1.82, 2.24) is 15.5 Å². The number of thiocarbonyl (C=S) groups is 1. The van der Waals surface area contributed by atoms with Crippen LogP contribution in [0.15, 0.2) is 83.0 Å². The molecule has 6 nitrogen and oxygen atoms in total. The molecular formula is C28H26N4O2S. The second-order valence-corrected chi connectivity index (χ2v) is 8.93. The van der Waals surface area contributed by atoms with Crippen molar-refractivity contribution < 1.29 is 9.26 Å². The Morgan fingerprint density at radius 2 is 1.69 bits per heavy atom. The number of hydrogen-bond acceptors (Lipinski definition) is 5. The maximum Gasteiger partial charge on any atom is 0.258 e. The number of aromatic nitrogens is 2. The monoisotopic (exact) mass is 482 g/mol. The van der Waals surface area contributed by atoms with Gasteiger partial charge in [0.25, 0.3) is 5.89 Å². The van der Waals surface area contributed by atoms with Crippen molar-refractivity contribution >= 4 is 28.6 Å². The van der Waals surface area contributed by atoms with E-state index >= 15 is 0 Å². The van der Waals surface area contributed by atoms with Crippen LogP contribution in [0.2, 0.25) is 0 Å². The summed E-state index contributed by atoms with van der Waals surface area (Å²) in [5.41, 5.74) is 7.17. The summed E-state index contributed by atoms with van der Waals surface area (Å²) in [4.78, 5) is 6.81. The van der Waals surface area contributed by atoms with Gasteiger partial charge in [-0.15, -0.1) is 0 Å². The van der Waals surface area contributed by atoms with Gasteiger partial charge in [0.2, 0.25) is 5.82 Å². The Bertz CT molecular complexity index is 1410. The lowest BCUT2D eigenvalue weighted by Gasteiger charge is -2.37. The molecule has 0 fully saturated rings. The van der Waals surface area contributed by atoms with Gasteiger partial charge in [0, 0.05) is 16.9 Å². The number of methoxy groups -OCH3 is 1. The summed E-state index contributed by atoms with van der Waals surface area (Å²) in [6.45, 7) is 6.26. The zero-order valence-electron chi connectivity index (χ0n) is 20.1. The summed E-state index contributed by atoms with van der Waals surface area (Å²) in [7, 11) is 1.64. The van der Waals surface area contributed by atoms with Crippen LogP contribution in [0.5, 0.6) is 5.75 Å². The highest BCUT2D eigenvalue weighted by Crippen LogP contribution is 2.39. The summed E-state index contributed by atoms with van der Waals surface area (Å²) in [5, 5.41) is 8.44. The van der Waals surface area contributed by atoms with Crippen molar-refractivity contribution in [3.63, 3.8) is 0 Å². The molecule has 1 aliphatic rings. The van der Waals surface area contributed by atoms with Crippen LogP contribution in [-0.4, -0.2) is 22.4 Å². The van der Waals surface area contributed by atoms with E-state index in [1.54, 1.807) is 7.11 Å². The molecule has 1 atom stereocenters. The van der Waals surface area contributed by atoms with Crippen LogP contribution in [0.25, 0.3) is 17.0 Å². The van der Waals surface area contributed by atoms with E-state index in [2.05, 4.69) is 42.5 Å². The summed E-state index contributed by atoms with van der Waals surface area (Å²) in [6, 6.07) is 23.8. The first-order chi connectivity index (χ1) is 17.0. The largest absolute Gasteiger partial charge is 0.497 e. The number of rotatable bonds is 5. The van der Waals surface area contributed by atoms with Crippen LogP contribution < -0.4 is 15.0 Å². The minimum absolute atomic E-state index is 0.231. The fourth-order valence-electron chi connectivity index (χ4n) is 4.29. The van der Waals surface area contributed by atoms with Crippen LogP contribution in [-0.2, 0) is 0 Å². The first kappa shape index (κ1) is 22.8. The number of ether oxygens (including phenoxy) is 1. The van der Waals surface area contributed by atoms with Gasteiger partial charge in [-0.05, 0) is 86.1 Å². The average molecular weight is 483 g/mol. The minimum atomic E-state index is -0.231. The van der Waals surface area contributed by atoms with E-state index < -0.39 is 0 Å². The molecule has 1 aromatic heterocycles. The smallest absolute Gasteiger partial charge is 0.258 e. The zero-order chi connectivity index (χ0) is 24.5. The van der Waals surface area contributed by atoms with Crippen molar-refractivity contribution in [1.29, 1.82) is 0 Å². The number of aryl methyl sites for hydroxylation is 2. The molecule has 0 saturated carbocycles. The van der Waals surface area contributed by atoms with E-state index in [9.17, 15) is 0 Å². The van der Waals surface area contributed by atoms with Gasteiger partial charge in [-0.1, -0.05) is 41.6 Å². The normalized spacial score (nSPS) is 15.8. The Morgan fingerprint density at radius 3 is 2.37 bits per heavy atom. The van der Waals surface area contributed by atoms with E-state index in [-0.39, 0.29) is 6.04 Å².